The molecular weight excluding hydrogens is 212 g/mol. The van der Waals surface area contributed by atoms with E-state index in [4.69, 9.17) is 11.6 Å². The number of aromatic nitrogens is 2. The second-order valence-electron chi connectivity index (χ2n) is 3.62. The van der Waals surface area contributed by atoms with E-state index < -0.39 is 0 Å². The number of anilines is 1. The Kier molecular flexibility index (Phi) is 4.17. The Hall–Kier alpha value is -1.00. The summed E-state index contributed by atoms with van der Waals surface area (Å²) in [7, 11) is 5.94. The SMILES string of the molecule is C=C(Cl)CNCc1cnc(N(C)C)n1C. The van der Waals surface area contributed by atoms with E-state index in [0.717, 1.165) is 18.2 Å². The van der Waals surface area contributed by atoms with Gasteiger partial charge < -0.3 is 14.8 Å². The molecule has 0 saturated heterocycles. The van der Waals surface area contributed by atoms with Crippen molar-refractivity contribution >= 4 is 17.5 Å². The lowest BCUT2D eigenvalue weighted by Crippen LogP contribution is -2.18. The summed E-state index contributed by atoms with van der Waals surface area (Å²) in [5, 5.41) is 3.80. The first-order valence-corrected chi connectivity index (χ1v) is 5.12. The minimum absolute atomic E-state index is 0.615. The lowest BCUT2D eigenvalue weighted by atomic mass is 10.4. The van der Waals surface area contributed by atoms with Crippen molar-refractivity contribution in [2.24, 2.45) is 7.05 Å². The van der Waals surface area contributed by atoms with Gasteiger partial charge in [-0.1, -0.05) is 18.2 Å². The molecule has 0 amide bonds. The summed E-state index contributed by atoms with van der Waals surface area (Å²) in [6, 6.07) is 0. The number of nitrogens with zero attached hydrogens (tertiary/aromatic N) is 3. The Morgan fingerprint density at radius 3 is 2.80 bits per heavy atom. The average Bonchev–Trinajstić information content (AvgIpc) is 2.47. The minimum Gasteiger partial charge on any atom is -0.348 e. The van der Waals surface area contributed by atoms with Crippen LogP contribution in [0.15, 0.2) is 17.8 Å². The first-order valence-electron chi connectivity index (χ1n) is 4.74. The summed E-state index contributed by atoms with van der Waals surface area (Å²) >= 11 is 5.65. The summed E-state index contributed by atoms with van der Waals surface area (Å²) in [6.07, 6.45) is 1.86. The van der Waals surface area contributed by atoms with E-state index in [1.54, 1.807) is 0 Å². The molecule has 0 unspecified atom stereocenters. The third-order valence-electron chi connectivity index (χ3n) is 2.08. The maximum Gasteiger partial charge on any atom is 0.204 e. The Balaban J connectivity index is 2.59. The van der Waals surface area contributed by atoms with Crippen LogP contribution < -0.4 is 10.2 Å². The van der Waals surface area contributed by atoms with E-state index in [9.17, 15) is 0 Å². The van der Waals surface area contributed by atoms with E-state index >= 15 is 0 Å². The molecular formula is C10H17ClN4. The van der Waals surface area contributed by atoms with E-state index in [2.05, 4.69) is 16.9 Å². The van der Waals surface area contributed by atoms with E-state index in [1.165, 1.54) is 0 Å². The quantitative estimate of drug-likeness (QED) is 0.826. The molecule has 1 N–H and O–H groups in total. The van der Waals surface area contributed by atoms with Gasteiger partial charge in [-0.15, -0.1) is 0 Å². The molecule has 84 valence electrons. The molecule has 0 radical (unpaired) electrons. The molecule has 0 aliphatic heterocycles. The minimum atomic E-state index is 0.615. The van der Waals surface area contributed by atoms with Crippen LogP contribution in [0.5, 0.6) is 0 Å². The van der Waals surface area contributed by atoms with Gasteiger partial charge in [0.2, 0.25) is 5.95 Å². The monoisotopic (exact) mass is 228 g/mol. The fraction of sp³-hybridized carbons (Fsp3) is 0.500. The highest BCUT2D eigenvalue weighted by Crippen LogP contribution is 2.10. The van der Waals surface area contributed by atoms with Crippen molar-refractivity contribution in [3.8, 4) is 0 Å². The predicted octanol–water partition coefficient (Wildman–Crippen LogP) is 1.33. The van der Waals surface area contributed by atoms with Crippen LogP contribution in [-0.4, -0.2) is 30.2 Å². The molecule has 0 aliphatic rings. The Morgan fingerprint density at radius 2 is 2.33 bits per heavy atom. The van der Waals surface area contributed by atoms with Crippen molar-refractivity contribution in [1.82, 2.24) is 14.9 Å². The van der Waals surface area contributed by atoms with Gasteiger partial charge in [0.15, 0.2) is 0 Å². The molecule has 1 aromatic rings. The summed E-state index contributed by atoms with van der Waals surface area (Å²) in [4.78, 5) is 6.28. The summed E-state index contributed by atoms with van der Waals surface area (Å²) in [5.74, 6) is 0.941. The highest BCUT2D eigenvalue weighted by molar-refractivity contribution is 6.29. The summed E-state index contributed by atoms with van der Waals surface area (Å²) in [5.41, 5.74) is 1.12. The lowest BCUT2D eigenvalue weighted by Gasteiger charge is -2.12. The second kappa shape index (κ2) is 5.19. The van der Waals surface area contributed by atoms with Gasteiger partial charge in [0, 0.05) is 39.3 Å². The van der Waals surface area contributed by atoms with Gasteiger partial charge in [-0.05, 0) is 0 Å². The maximum atomic E-state index is 5.65. The van der Waals surface area contributed by atoms with Crippen LogP contribution in [-0.2, 0) is 13.6 Å². The highest BCUT2D eigenvalue weighted by atomic mass is 35.5. The van der Waals surface area contributed by atoms with Gasteiger partial charge in [0.25, 0.3) is 0 Å². The van der Waals surface area contributed by atoms with Gasteiger partial charge in [-0.3, -0.25) is 0 Å². The number of nitrogens with one attached hydrogen (secondary N) is 1. The molecule has 0 fully saturated rings. The Bertz CT molecular complexity index is 343. The first kappa shape index (κ1) is 12.1. The standard InChI is InChI=1S/C10H17ClN4/c1-8(11)5-12-6-9-7-13-10(14(2)3)15(9)4/h7,12H,1,5-6H2,2-4H3. The van der Waals surface area contributed by atoms with Crippen LogP contribution >= 0.6 is 11.6 Å². The number of hydrogen-bond donors (Lipinski definition) is 1. The van der Waals surface area contributed by atoms with Gasteiger partial charge in [0.05, 0.1) is 11.9 Å². The zero-order valence-corrected chi connectivity index (χ0v) is 10.2. The predicted molar refractivity (Wildman–Crippen MR) is 64.2 cm³/mol. The zero-order valence-electron chi connectivity index (χ0n) is 9.42. The number of rotatable bonds is 5. The van der Waals surface area contributed by atoms with Crippen molar-refractivity contribution in [3.63, 3.8) is 0 Å². The van der Waals surface area contributed by atoms with Crippen molar-refractivity contribution in [2.45, 2.75) is 6.54 Å². The summed E-state index contributed by atoms with van der Waals surface area (Å²) < 4.78 is 2.05. The fourth-order valence-corrected chi connectivity index (χ4v) is 1.43. The molecule has 0 aromatic carbocycles. The summed E-state index contributed by atoms with van der Waals surface area (Å²) in [6.45, 7) is 4.97. The van der Waals surface area contributed by atoms with E-state index in [-0.39, 0.29) is 0 Å². The van der Waals surface area contributed by atoms with Gasteiger partial charge in [0.1, 0.15) is 0 Å². The highest BCUT2D eigenvalue weighted by Gasteiger charge is 2.06. The third kappa shape index (κ3) is 3.25. The first-order chi connectivity index (χ1) is 7.02. The van der Waals surface area contributed by atoms with Crippen LogP contribution in [0.4, 0.5) is 5.95 Å². The maximum absolute atomic E-state index is 5.65. The fourth-order valence-electron chi connectivity index (χ4n) is 1.34. The van der Waals surface area contributed by atoms with Crippen LogP contribution in [0, 0.1) is 0 Å². The second-order valence-corrected chi connectivity index (χ2v) is 4.16. The molecule has 1 aromatic heterocycles. The van der Waals surface area contributed by atoms with E-state index in [0.29, 0.717) is 11.6 Å². The lowest BCUT2D eigenvalue weighted by molar-refractivity contribution is 0.695. The number of halogens is 1. The van der Waals surface area contributed by atoms with Crippen LogP contribution in [0.2, 0.25) is 0 Å². The zero-order chi connectivity index (χ0) is 11.4. The number of hydrogen-bond acceptors (Lipinski definition) is 3. The molecule has 4 nitrogen and oxygen atoms in total. The molecule has 0 atom stereocenters. The molecule has 0 saturated carbocycles. The third-order valence-corrected chi connectivity index (χ3v) is 2.22. The average molecular weight is 229 g/mol. The van der Waals surface area contributed by atoms with Crippen LogP contribution in [0.25, 0.3) is 0 Å². The molecule has 0 spiro atoms. The Morgan fingerprint density at radius 1 is 1.67 bits per heavy atom. The smallest absolute Gasteiger partial charge is 0.204 e. The topological polar surface area (TPSA) is 33.1 Å². The van der Waals surface area contributed by atoms with Gasteiger partial charge >= 0.3 is 0 Å². The van der Waals surface area contributed by atoms with E-state index in [1.807, 2.05) is 36.8 Å². The number of imidazole rings is 1. The molecule has 5 heteroatoms. The van der Waals surface area contributed by atoms with Crippen LogP contribution in [0.1, 0.15) is 5.69 Å². The molecule has 15 heavy (non-hydrogen) atoms. The van der Waals surface area contributed by atoms with Gasteiger partial charge in [-0.25, -0.2) is 4.98 Å². The molecule has 0 bridgehead atoms. The normalized spacial score (nSPS) is 10.4. The van der Waals surface area contributed by atoms with Crippen molar-refractivity contribution < 1.29 is 0 Å². The molecule has 0 aliphatic carbocycles. The Labute approximate surface area is 95.5 Å². The van der Waals surface area contributed by atoms with Crippen molar-refractivity contribution in [3.05, 3.63) is 23.5 Å². The van der Waals surface area contributed by atoms with Gasteiger partial charge in [-0.2, -0.15) is 0 Å². The van der Waals surface area contributed by atoms with Crippen molar-refractivity contribution in [2.75, 3.05) is 25.5 Å². The molecule has 1 rings (SSSR count). The van der Waals surface area contributed by atoms with Crippen molar-refractivity contribution in [1.29, 1.82) is 0 Å². The van der Waals surface area contributed by atoms with Crippen LogP contribution in [0.3, 0.4) is 0 Å². The largest absolute Gasteiger partial charge is 0.348 e. The molecule has 1 heterocycles.